The van der Waals surface area contributed by atoms with E-state index in [9.17, 15) is 8.42 Å². The summed E-state index contributed by atoms with van der Waals surface area (Å²) < 4.78 is 35.5. The van der Waals surface area contributed by atoms with E-state index in [-0.39, 0.29) is 12.1 Å². The van der Waals surface area contributed by atoms with Gasteiger partial charge in [0.15, 0.2) is 0 Å². The van der Waals surface area contributed by atoms with E-state index >= 15 is 0 Å². The van der Waals surface area contributed by atoms with Crippen LogP contribution < -0.4 is 0 Å². The number of ether oxygens (including phenoxy) is 1. The van der Waals surface area contributed by atoms with Crippen LogP contribution in [0.5, 0.6) is 0 Å². The Kier molecular flexibility index (Phi) is 4.50. The highest BCUT2D eigenvalue weighted by Crippen LogP contribution is 2.31. The summed E-state index contributed by atoms with van der Waals surface area (Å²) in [5.74, 6) is 0. The van der Waals surface area contributed by atoms with Crippen LogP contribution in [0.3, 0.4) is 0 Å². The monoisotopic (exact) mass is 349 g/mol. The molecule has 1 fully saturated rings. The Hall–Kier alpha value is -1.70. The van der Waals surface area contributed by atoms with Gasteiger partial charge in [0.05, 0.1) is 24.1 Å². The van der Waals surface area contributed by atoms with Gasteiger partial charge in [-0.05, 0) is 26.3 Å². The molecule has 130 valence electrons. The number of aromatic nitrogens is 2. The third kappa shape index (κ3) is 2.87. The Labute approximate surface area is 143 Å². The first-order valence-corrected chi connectivity index (χ1v) is 9.45. The zero-order valence-electron chi connectivity index (χ0n) is 14.4. The van der Waals surface area contributed by atoms with Gasteiger partial charge >= 0.3 is 0 Å². The zero-order valence-corrected chi connectivity index (χ0v) is 15.2. The lowest BCUT2D eigenvalue weighted by atomic mass is 10.1. The van der Waals surface area contributed by atoms with Gasteiger partial charge in [0.1, 0.15) is 4.90 Å². The molecule has 0 aliphatic carbocycles. The molecule has 0 saturated carbocycles. The standard InChI is InChI=1S/C17H23N3O3S/c1-12-11-23-16(15-8-6-5-7-9-15)10-20(12)24(21,22)17-13(2)18-19(4)14(17)3/h5-9,12,16H,10-11H2,1-4H3/t12-,16+/m1/s1. The van der Waals surface area contributed by atoms with Crippen LogP contribution in [-0.4, -0.2) is 41.7 Å². The summed E-state index contributed by atoms with van der Waals surface area (Å²) in [7, 11) is -1.86. The summed E-state index contributed by atoms with van der Waals surface area (Å²) >= 11 is 0. The van der Waals surface area contributed by atoms with Crippen LogP contribution in [0.4, 0.5) is 0 Å². The first kappa shape index (κ1) is 17.1. The van der Waals surface area contributed by atoms with Gasteiger partial charge in [0.2, 0.25) is 10.0 Å². The maximum atomic E-state index is 13.2. The van der Waals surface area contributed by atoms with Crippen molar-refractivity contribution in [3.63, 3.8) is 0 Å². The number of sulfonamides is 1. The van der Waals surface area contributed by atoms with Crippen LogP contribution in [-0.2, 0) is 21.8 Å². The Morgan fingerprint density at radius 1 is 1.21 bits per heavy atom. The molecule has 2 aromatic rings. The van der Waals surface area contributed by atoms with Gasteiger partial charge in [-0.15, -0.1) is 0 Å². The van der Waals surface area contributed by atoms with E-state index < -0.39 is 10.0 Å². The second kappa shape index (κ2) is 6.31. The summed E-state index contributed by atoms with van der Waals surface area (Å²) in [4.78, 5) is 0.311. The molecule has 1 saturated heterocycles. The first-order valence-electron chi connectivity index (χ1n) is 8.01. The van der Waals surface area contributed by atoms with Crippen LogP contribution in [0.25, 0.3) is 0 Å². The smallest absolute Gasteiger partial charge is 0.247 e. The maximum absolute atomic E-state index is 13.2. The fraction of sp³-hybridized carbons (Fsp3) is 0.471. The van der Waals surface area contributed by atoms with Crippen molar-refractivity contribution in [3.05, 3.63) is 47.3 Å². The second-order valence-electron chi connectivity index (χ2n) is 6.28. The van der Waals surface area contributed by atoms with Gasteiger partial charge in [0, 0.05) is 19.6 Å². The minimum absolute atomic E-state index is 0.214. The van der Waals surface area contributed by atoms with Crippen molar-refractivity contribution in [2.45, 2.75) is 37.8 Å². The fourth-order valence-electron chi connectivity index (χ4n) is 3.18. The van der Waals surface area contributed by atoms with Gasteiger partial charge in [-0.3, -0.25) is 4.68 Å². The molecule has 24 heavy (non-hydrogen) atoms. The highest BCUT2D eigenvalue weighted by molar-refractivity contribution is 7.89. The molecule has 3 rings (SSSR count). The van der Waals surface area contributed by atoms with Gasteiger partial charge in [-0.2, -0.15) is 9.40 Å². The number of nitrogens with zero attached hydrogens (tertiary/aromatic N) is 3. The molecule has 0 unspecified atom stereocenters. The minimum Gasteiger partial charge on any atom is -0.370 e. The van der Waals surface area contributed by atoms with Gasteiger partial charge < -0.3 is 4.74 Å². The van der Waals surface area contributed by atoms with E-state index in [1.54, 1.807) is 29.9 Å². The third-order valence-corrected chi connectivity index (χ3v) is 6.79. The van der Waals surface area contributed by atoms with Crippen molar-refractivity contribution in [1.29, 1.82) is 0 Å². The minimum atomic E-state index is -3.62. The lowest BCUT2D eigenvalue weighted by Crippen LogP contribution is -2.48. The van der Waals surface area contributed by atoms with E-state index in [1.165, 1.54) is 0 Å². The molecule has 0 spiro atoms. The van der Waals surface area contributed by atoms with Crippen molar-refractivity contribution in [1.82, 2.24) is 14.1 Å². The van der Waals surface area contributed by atoms with Crippen LogP contribution in [0, 0.1) is 13.8 Å². The number of aryl methyl sites for hydroxylation is 2. The lowest BCUT2D eigenvalue weighted by Gasteiger charge is -2.37. The molecular formula is C17H23N3O3S. The van der Waals surface area contributed by atoms with Crippen LogP contribution in [0.2, 0.25) is 0 Å². The molecule has 6 nitrogen and oxygen atoms in total. The normalized spacial score (nSPS) is 22.7. The Balaban J connectivity index is 1.97. The zero-order chi connectivity index (χ0) is 17.5. The Morgan fingerprint density at radius 2 is 1.88 bits per heavy atom. The van der Waals surface area contributed by atoms with Crippen molar-refractivity contribution < 1.29 is 13.2 Å². The summed E-state index contributed by atoms with van der Waals surface area (Å²) in [6.07, 6.45) is -0.255. The van der Waals surface area contributed by atoms with Gasteiger partial charge in [0.25, 0.3) is 0 Å². The Morgan fingerprint density at radius 3 is 2.46 bits per heavy atom. The average Bonchev–Trinajstić information content (AvgIpc) is 2.81. The van der Waals surface area contributed by atoms with Crippen molar-refractivity contribution in [2.24, 2.45) is 7.05 Å². The van der Waals surface area contributed by atoms with E-state index in [2.05, 4.69) is 5.10 Å². The first-order chi connectivity index (χ1) is 11.3. The molecule has 1 aromatic carbocycles. The van der Waals surface area contributed by atoms with Gasteiger partial charge in [-0.1, -0.05) is 30.3 Å². The van der Waals surface area contributed by atoms with Crippen LogP contribution in [0.1, 0.15) is 30.0 Å². The molecular weight excluding hydrogens is 326 g/mol. The van der Waals surface area contributed by atoms with Crippen molar-refractivity contribution in [3.8, 4) is 0 Å². The van der Waals surface area contributed by atoms with E-state index in [1.807, 2.05) is 37.3 Å². The highest BCUT2D eigenvalue weighted by Gasteiger charge is 2.38. The predicted octanol–water partition coefficient (Wildman–Crippen LogP) is 2.19. The largest absolute Gasteiger partial charge is 0.370 e. The van der Waals surface area contributed by atoms with Crippen LogP contribution >= 0.6 is 0 Å². The Bertz CT molecular complexity index is 830. The number of benzene rings is 1. The fourth-order valence-corrected chi connectivity index (χ4v) is 5.20. The molecule has 2 heterocycles. The average molecular weight is 349 g/mol. The molecule has 0 amide bonds. The third-order valence-electron chi connectivity index (χ3n) is 4.56. The van der Waals surface area contributed by atoms with E-state index in [4.69, 9.17) is 4.74 Å². The highest BCUT2D eigenvalue weighted by atomic mass is 32.2. The molecule has 0 N–H and O–H groups in total. The summed E-state index contributed by atoms with van der Waals surface area (Å²) in [5, 5.41) is 4.25. The SMILES string of the molecule is Cc1nn(C)c(C)c1S(=O)(=O)N1C[C@@H](c2ccccc2)OC[C@H]1C. The number of hydrogen-bond donors (Lipinski definition) is 0. The lowest BCUT2D eigenvalue weighted by molar-refractivity contribution is -0.0288. The number of hydrogen-bond acceptors (Lipinski definition) is 4. The summed E-state index contributed by atoms with van der Waals surface area (Å²) in [6.45, 7) is 6.07. The number of morpholine rings is 1. The van der Waals surface area contributed by atoms with E-state index in [0.717, 1.165) is 5.56 Å². The second-order valence-corrected chi connectivity index (χ2v) is 8.11. The topological polar surface area (TPSA) is 64.4 Å². The quantitative estimate of drug-likeness (QED) is 0.852. The number of rotatable bonds is 3. The molecule has 1 aromatic heterocycles. The molecule has 7 heteroatoms. The molecule has 0 radical (unpaired) electrons. The predicted molar refractivity (Wildman–Crippen MR) is 91.2 cm³/mol. The molecule has 1 aliphatic rings. The molecule has 1 aliphatic heterocycles. The van der Waals surface area contributed by atoms with E-state index in [0.29, 0.717) is 29.4 Å². The molecule has 2 atom stereocenters. The van der Waals surface area contributed by atoms with Crippen molar-refractivity contribution in [2.75, 3.05) is 13.2 Å². The summed E-state index contributed by atoms with van der Waals surface area (Å²) in [5.41, 5.74) is 2.18. The van der Waals surface area contributed by atoms with Gasteiger partial charge in [-0.25, -0.2) is 8.42 Å². The maximum Gasteiger partial charge on any atom is 0.247 e. The summed E-state index contributed by atoms with van der Waals surface area (Å²) in [6, 6.07) is 9.52. The molecule has 0 bridgehead atoms. The van der Waals surface area contributed by atoms with Crippen LogP contribution in [0.15, 0.2) is 35.2 Å². The van der Waals surface area contributed by atoms with Crippen molar-refractivity contribution >= 4 is 10.0 Å².